The van der Waals surface area contributed by atoms with Crippen molar-refractivity contribution in [2.75, 3.05) is 6.54 Å². The number of ketones is 1. The highest BCUT2D eigenvalue weighted by atomic mass is 32.2. The smallest absolute Gasteiger partial charge is 0.303 e. The molecule has 0 atom stereocenters. The standard InChI is InChI=1S/C22H19NO4S2/c1-14(24)17-4-2-5-18(13-17)16-9-7-15(8-10-16)12-19-21(27)23(22(28)29-19)11-3-6-20(25)26/h2,4-5,7-10,12-13H,3,6,11H2,1H3,(H,25,26). The molecule has 7 heteroatoms. The molecule has 2 aromatic rings. The first kappa shape index (κ1) is 21.0. The Labute approximate surface area is 178 Å². The number of carbonyl (C=O) groups is 3. The van der Waals surface area contributed by atoms with Crippen molar-refractivity contribution < 1.29 is 19.5 Å². The van der Waals surface area contributed by atoms with Gasteiger partial charge < -0.3 is 5.11 Å². The van der Waals surface area contributed by atoms with Gasteiger partial charge in [-0.3, -0.25) is 19.3 Å². The molecule has 1 fully saturated rings. The van der Waals surface area contributed by atoms with Gasteiger partial charge in [-0.15, -0.1) is 0 Å². The SMILES string of the molecule is CC(=O)c1cccc(-c2ccc(C=C3SC(=S)N(CCCC(=O)O)C3=O)cc2)c1. The van der Waals surface area contributed by atoms with Crippen molar-refractivity contribution in [2.45, 2.75) is 19.8 Å². The lowest BCUT2D eigenvalue weighted by Crippen LogP contribution is -2.29. The van der Waals surface area contributed by atoms with Crippen LogP contribution in [0, 0.1) is 0 Å². The summed E-state index contributed by atoms with van der Waals surface area (Å²) in [6.45, 7) is 1.85. The Bertz CT molecular complexity index is 1010. The zero-order chi connectivity index (χ0) is 21.0. The highest BCUT2D eigenvalue weighted by Crippen LogP contribution is 2.33. The highest BCUT2D eigenvalue weighted by Gasteiger charge is 2.31. The summed E-state index contributed by atoms with van der Waals surface area (Å²) < 4.78 is 0.448. The van der Waals surface area contributed by atoms with E-state index >= 15 is 0 Å². The summed E-state index contributed by atoms with van der Waals surface area (Å²) >= 11 is 6.49. The van der Waals surface area contributed by atoms with Crippen LogP contribution in [0.4, 0.5) is 0 Å². The summed E-state index contributed by atoms with van der Waals surface area (Å²) in [5, 5.41) is 8.74. The molecule has 0 bridgehead atoms. The van der Waals surface area contributed by atoms with E-state index in [0.29, 0.717) is 27.8 Å². The second-order valence-corrected chi connectivity index (χ2v) is 8.27. The fourth-order valence-electron chi connectivity index (χ4n) is 2.92. The van der Waals surface area contributed by atoms with Crippen molar-refractivity contribution in [3.8, 4) is 11.1 Å². The molecule has 1 saturated heterocycles. The van der Waals surface area contributed by atoms with Gasteiger partial charge in [0, 0.05) is 18.5 Å². The number of aliphatic carboxylic acids is 1. The quantitative estimate of drug-likeness (QED) is 0.396. The zero-order valence-electron chi connectivity index (χ0n) is 15.8. The van der Waals surface area contributed by atoms with Gasteiger partial charge in [-0.25, -0.2) is 0 Å². The van der Waals surface area contributed by atoms with E-state index in [-0.39, 0.29) is 18.1 Å². The van der Waals surface area contributed by atoms with Crippen molar-refractivity contribution in [3.63, 3.8) is 0 Å². The first-order chi connectivity index (χ1) is 13.8. The third-order valence-corrected chi connectivity index (χ3v) is 5.83. The number of nitrogens with zero attached hydrogens (tertiary/aromatic N) is 1. The van der Waals surface area contributed by atoms with Crippen LogP contribution in [0.15, 0.2) is 53.4 Å². The lowest BCUT2D eigenvalue weighted by atomic mass is 10.0. The molecule has 3 rings (SSSR count). The van der Waals surface area contributed by atoms with Gasteiger partial charge in [-0.2, -0.15) is 0 Å². The average molecular weight is 426 g/mol. The Morgan fingerprint density at radius 3 is 2.52 bits per heavy atom. The molecule has 2 aromatic carbocycles. The van der Waals surface area contributed by atoms with Gasteiger partial charge >= 0.3 is 5.97 Å². The minimum absolute atomic E-state index is 0.00238. The van der Waals surface area contributed by atoms with Gasteiger partial charge in [0.15, 0.2) is 5.78 Å². The van der Waals surface area contributed by atoms with Crippen LogP contribution in [0.3, 0.4) is 0 Å². The molecule has 0 saturated carbocycles. The number of rotatable bonds is 7. The van der Waals surface area contributed by atoms with Crippen LogP contribution in [0.5, 0.6) is 0 Å². The average Bonchev–Trinajstić information content (AvgIpc) is 2.96. The molecule has 0 spiro atoms. The van der Waals surface area contributed by atoms with E-state index in [2.05, 4.69) is 0 Å². The van der Waals surface area contributed by atoms with Gasteiger partial charge in [-0.1, -0.05) is 66.4 Å². The second-order valence-electron chi connectivity index (χ2n) is 6.59. The lowest BCUT2D eigenvalue weighted by Gasteiger charge is -2.13. The molecule has 148 valence electrons. The number of thioether (sulfide) groups is 1. The largest absolute Gasteiger partial charge is 0.481 e. The molecule has 5 nitrogen and oxygen atoms in total. The molecule has 0 radical (unpaired) electrons. The van der Waals surface area contributed by atoms with E-state index < -0.39 is 5.97 Å². The van der Waals surface area contributed by atoms with Gasteiger partial charge in [0.2, 0.25) is 0 Å². The van der Waals surface area contributed by atoms with Gasteiger partial charge in [0.25, 0.3) is 5.91 Å². The van der Waals surface area contributed by atoms with Crippen molar-refractivity contribution in [1.82, 2.24) is 4.90 Å². The summed E-state index contributed by atoms with van der Waals surface area (Å²) in [5.74, 6) is -1.06. The van der Waals surface area contributed by atoms with Crippen molar-refractivity contribution in [2.24, 2.45) is 0 Å². The second kappa shape index (κ2) is 9.15. The lowest BCUT2D eigenvalue weighted by molar-refractivity contribution is -0.137. The molecular formula is C22H19NO4S2. The van der Waals surface area contributed by atoms with Crippen molar-refractivity contribution >= 4 is 52.0 Å². The number of benzene rings is 2. The Balaban J connectivity index is 1.73. The fourth-order valence-corrected chi connectivity index (χ4v) is 4.23. The van der Waals surface area contributed by atoms with Crippen molar-refractivity contribution in [1.29, 1.82) is 0 Å². The molecule has 0 unspecified atom stereocenters. The number of carboxylic acid groups (broad SMARTS) is 1. The maximum absolute atomic E-state index is 12.6. The Morgan fingerprint density at radius 1 is 1.14 bits per heavy atom. The van der Waals surface area contributed by atoms with Crippen LogP contribution in [0.1, 0.15) is 35.7 Å². The van der Waals surface area contributed by atoms with Crippen LogP contribution in [-0.4, -0.2) is 38.5 Å². The summed E-state index contributed by atoms with van der Waals surface area (Å²) in [6, 6.07) is 15.2. The molecule has 1 heterocycles. The minimum Gasteiger partial charge on any atom is -0.481 e. The number of thiocarbonyl (C=S) groups is 1. The first-order valence-corrected chi connectivity index (χ1v) is 10.3. The van der Waals surface area contributed by atoms with E-state index in [1.807, 2.05) is 42.5 Å². The normalized spacial score (nSPS) is 15.2. The van der Waals surface area contributed by atoms with Gasteiger partial charge in [0.1, 0.15) is 4.32 Å². The van der Waals surface area contributed by atoms with Crippen LogP contribution >= 0.6 is 24.0 Å². The van der Waals surface area contributed by atoms with E-state index in [4.69, 9.17) is 17.3 Å². The molecule has 1 aliphatic heterocycles. The molecule has 0 aromatic heterocycles. The number of hydrogen-bond acceptors (Lipinski definition) is 5. The van der Waals surface area contributed by atoms with E-state index in [0.717, 1.165) is 16.7 Å². The molecule has 1 aliphatic rings. The topological polar surface area (TPSA) is 74.7 Å². The zero-order valence-corrected chi connectivity index (χ0v) is 17.4. The van der Waals surface area contributed by atoms with Gasteiger partial charge in [-0.05, 0) is 42.2 Å². The molecule has 1 N–H and O–H groups in total. The molecule has 1 amide bonds. The highest BCUT2D eigenvalue weighted by molar-refractivity contribution is 8.26. The maximum Gasteiger partial charge on any atom is 0.303 e. The van der Waals surface area contributed by atoms with E-state index in [1.165, 1.54) is 16.7 Å². The summed E-state index contributed by atoms with van der Waals surface area (Å²) in [7, 11) is 0. The Hall–Kier alpha value is -2.77. The van der Waals surface area contributed by atoms with Crippen LogP contribution in [-0.2, 0) is 9.59 Å². The van der Waals surface area contributed by atoms with Crippen molar-refractivity contribution in [3.05, 3.63) is 64.6 Å². The maximum atomic E-state index is 12.6. The monoisotopic (exact) mass is 425 g/mol. The first-order valence-electron chi connectivity index (χ1n) is 9.04. The van der Waals surface area contributed by atoms with Crippen LogP contribution in [0.25, 0.3) is 17.2 Å². The van der Waals surface area contributed by atoms with E-state index in [1.54, 1.807) is 19.1 Å². The summed E-state index contributed by atoms with van der Waals surface area (Å²) in [5.41, 5.74) is 3.46. The van der Waals surface area contributed by atoms with Crippen LogP contribution < -0.4 is 0 Å². The minimum atomic E-state index is -0.889. The third-order valence-electron chi connectivity index (χ3n) is 4.46. The van der Waals surface area contributed by atoms with E-state index in [9.17, 15) is 14.4 Å². The predicted molar refractivity (Wildman–Crippen MR) is 119 cm³/mol. The van der Waals surface area contributed by atoms with Crippen LogP contribution in [0.2, 0.25) is 0 Å². The summed E-state index contributed by atoms with van der Waals surface area (Å²) in [4.78, 5) is 36.8. The number of amides is 1. The molecular weight excluding hydrogens is 406 g/mol. The van der Waals surface area contributed by atoms with Gasteiger partial charge in [0.05, 0.1) is 4.91 Å². The number of carboxylic acids is 1. The predicted octanol–water partition coefficient (Wildman–Crippen LogP) is 4.62. The number of hydrogen-bond donors (Lipinski definition) is 1. The Kier molecular flexibility index (Phi) is 6.61. The Morgan fingerprint density at radius 2 is 1.86 bits per heavy atom. The molecule has 29 heavy (non-hydrogen) atoms. The fraction of sp³-hybridized carbons (Fsp3) is 0.182. The number of carbonyl (C=O) groups excluding carboxylic acids is 2. The number of Topliss-reactive ketones (excluding diaryl/α,β-unsaturated/α-hetero) is 1. The third kappa shape index (κ3) is 5.19. The molecule has 0 aliphatic carbocycles. The summed E-state index contributed by atoms with van der Waals surface area (Å²) in [6.07, 6.45) is 2.15.